The van der Waals surface area contributed by atoms with Gasteiger partial charge in [-0.2, -0.15) is 0 Å². The van der Waals surface area contributed by atoms with Crippen LogP contribution in [0.25, 0.3) is 10.1 Å². The number of carboxylic acids is 1. The van der Waals surface area contributed by atoms with Gasteiger partial charge in [0.2, 0.25) is 5.91 Å². The number of fused-ring (bicyclic) bond motifs is 2. The first-order valence-electron chi connectivity index (χ1n) is 10.6. The maximum Gasteiger partial charge on any atom is 0.352 e. The summed E-state index contributed by atoms with van der Waals surface area (Å²) in [5.41, 5.74) is 0.208. The van der Waals surface area contributed by atoms with Gasteiger partial charge in [0.05, 0.1) is 10.6 Å². The summed E-state index contributed by atoms with van der Waals surface area (Å²) in [5.74, 6) is -1.52. The number of β-lactam (4-membered cyclic amide) rings is 1. The van der Waals surface area contributed by atoms with E-state index in [-0.39, 0.29) is 29.2 Å². The number of hydrogen-bond donors (Lipinski definition) is 3. The molecule has 36 heavy (non-hydrogen) atoms. The molecule has 2 aliphatic rings. The van der Waals surface area contributed by atoms with Gasteiger partial charge in [-0.1, -0.05) is 17.8 Å². The summed E-state index contributed by atoms with van der Waals surface area (Å²) in [6.07, 6.45) is 1.81. The zero-order valence-corrected chi connectivity index (χ0v) is 21.6. The van der Waals surface area contributed by atoms with Crippen LogP contribution in [0.1, 0.15) is 4.88 Å². The Balaban J connectivity index is 1.30. The van der Waals surface area contributed by atoms with Gasteiger partial charge in [-0.15, -0.1) is 34.4 Å². The molecule has 4 heterocycles. The molecule has 12 heteroatoms. The van der Waals surface area contributed by atoms with Crippen LogP contribution in [0.5, 0.6) is 5.75 Å². The normalized spacial score (nSPS) is 19.4. The Bertz CT molecular complexity index is 1490. The second kappa shape index (κ2) is 10.1. The van der Waals surface area contributed by atoms with Crippen LogP contribution in [0.3, 0.4) is 0 Å². The number of nitrogens with one attached hydrogen (secondary N) is 1. The quantitative estimate of drug-likeness (QED) is 0.297. The van der Waals surface area contributed by atoms with Crippen molar-refractivity contribution in [2.24, 2.45) is 0 Å². The Morgan fingerprint density at radius 1 is 1.22 bits per heavy atom. The van der Waals surface area contributed by atoms with E-state index in [4.69, 9.17) is 0 Å². The molecular formula is C24H18N2O6S4. The summed E-state index contributed by atoms with van der Waals surface area (Å²) in [5, 5.41) is 25.9. The summed E-state index contributed by atoms with van der Waals surface area (Å²) in [7, 11) is 0. The molecule has 2 aliphatic heterocycles. The molecule has 1 fully saturated rings. The predicted molar refractivity (Wildman–Crippen MR) is 142 cm³/mol. The number of thioether (sulfide) groups is 2. The summed E-state index contributed by atoms with van der Waals surface area (Å²) < 4.78 is 1.33. The molecule has 2 atom stereocenters. The largest absolute Gasteiger partial charge is 0.508 e. The molecule has 3 N–H and O–H groups in total. The van der Waals surface area contributed by atoms with E-state index in [1.54, 1.807) is 17.6 Å². The lowest BCUT2D eigenvalue weighted by Gasteiger charge is -2.49. The predicted octanol–water partition coefficient (Wildman–Crippen LogP) is 3.62. The molecule has 0 radical (unpaired) electrons. The highest BCUT2D eigenvalue weighted by Crippen LogP contribution is 2.41. The van der Waals surface area contributed by atoms with Crippen LogP contribution in [0.15, 0.2) is 73.5 Å². The number of benzene rings is 1. The number of carbonyl (C=O) groups is 3. The highest BCUT2D eigenvalue weighted by molar-refractivity contribution is 8.04. The third-order valence-corrected chi connectivity index (χ3v) is 9.79. The van der Waals surface area contributed by atoms with E-state index in [1.807, 2.05) is 17.5 Å². The molecule has 3 aromatic rings. The van der Waals surface area contributed by atoms with Crippen molar-refractivity contribution in [1.29, 1.82) is 0 Å². The first-order valence-corrected chi connectivity index (χ1v) is 14.3. The monoisotopic (exact) mass is 558 g/mol. The maximum absolute atomic E-state index is 12.8. The number of carbonyl (C=O) groups excluding carboxylic acids is 2. The fourth-order valence-corrected chi connectivity index (χ4v) is 7.96. The summed E-state index contributed by atoms with van der Waals surface area (Å²) in [4.78, 5) is 51.7. The van der Waals surface area contributed by atoms with E-state index >= 15 is 0 Å². The van der Waals surface area contributed by atoms with Gasteiger partial charge in [0.15, 0.2) is 5.43 Å². The molecule has 1 saturated heterocycles. The van der Waals surface area contributed by atoms with Gasteiger partial charge in [-0.3, -0.25) is 19.3 Å². The van der Waals surface area contributed by atoms with Crippen LogP contribution in [0, 0.1) is 0 Å². The number of rotatable bonds is 7. The van der Waals surface area contributed by atoms with Crippen molar-refractivity contribution in [3.63, 3.8) is 0 Å². The van der Waals surface area contributed by atoms with Crippen LogP contribution in [-0.4, -0.2) is 50.1 Å². The van der Waals surface area contributed by atoms with Gasteiger partial charge >= 0.3 is 5.97 Å². The lowest BCUT2D eigenvalue weighted by atomic mass is 10.0. The Hall–Kier alpha value is -3.06. The van der Waals surface area contributed by atoms with Crippen molar-refractivity contribution in [3.05, 3.63) is 79.6 Å². The molecule has 2 unspecified atom stereocenters. The van der Waals surface area contributed by atoms with E-state index in [0.717, 1.165) is 4.88 Å². The number of carboxylic acid groups (broad SMARTS) is 1. The highest BCUT2D eigenvalue weighted by atomic mass is 32.2. The standard InChI is InChI=1S/C24H18N2O6S4/c27-13-3-4-15-16(28)10-19(36-17(15)8-13)34-7-5-12-11-35-23-20(22(30)26(23)21(12)24(31)32)25-18(29)9-14-2-1-6-33-14/h1-8,10,20,23,27H,9,11H2,(H,25,29)(H,31,32)/b7-5+. The minimum Gasteiger partial charge on any atom is -0.508 e. The lowest BCUT2D eigenvalue weighted by molar-refractivity contribution is -0.150. The van der Waals surface area contributed by atoms with Crippen LogP contribution in [0.4, 0.5) is 0 Å². The Kier molecular flexibility index (Phi) is 6.93. The van der Waals surface area contributed by atoms with E-state index in [2.05, 4.69) is 5.32 Å². The van der Waals surface area contributed by atoms with Gasteiger partial charge in [-0.25, -0.2) is 4.79 Å². The number of amides is 2. The van der Waals surface area contributed by atoms with E-state index in [1.165, 1.54) is 69.3 Å². The Morgan fingerprint density at radius 3 is 2.81 bits per heavy atom. The molecule has 0 spiro atoms. The molecule has 2 aromatic heterocycles. The average molecular weight is 559 g/mol. The summed E-state index contributed by atoms with van der Waals surface area (Å²) in [6.45, 7) is 0. The van der Waals surface area contributed by atoms with Crippen molar-refractivity contribution < 1.29 is 24.6 Å². The van der Waals surface area contributed by atoms with Gasteiger partial charge in [0.25, 0.3) is 5.91 Å². The van der Waals surface area contributed by atoms with Crippen LogP contribution < -0.4 is 10.7 Å². The number of thiophene rings is 1. The minimum absolute atomic E-state index is 0.0705. The average Bonchev–Trinajstić information content (AvgIpc) is 3.34. The van der Waals surface area contributed by atoms with Gasteiger partial charge in [0, 0.05) is 26.8 Å². The van der Waals surface area contributed by atoms with Crippen molar-refractivity contribution in [2.75, 3.05) is 5.75 Å². The zero-order valence-electron chi connectivity index (χ0n) is 18.4. The number of aromatic hydroxyl groups is 1. The molecule has 184 valence electrons. The second-order valence-electron chi connectivity index (χ2n) is 7.92. The molecule has 5 rings (SSSR count). The molecule has 8 nitrogen and oxygen atoms in total. The molecule has 1 aromatic carbocycles. The van der Waals surface area contributed by atoms with Gasteiger partial charge < -0.3 is 15.5 Å². The molecule has 0 bridgehead atoms. The number of aliphatic carboxylic acids is 1. The van der Waals surface area contributed by atoms with Crippen molar-refractivity contribution in [2.45, 2.75) is 22.0 Å². The topological polar surface area (TPSA) is 124 Å². The maximum atomic E-state index is 12.8. The van der Waals surface area contributed by atoms with Crippen molar-refractivity contribution in [1.82, 2.24) is 10.2 Å². The Labute approximate surface area is 221 Å². The van der Waals surface area contributed by atoms with E-state index in [9.17, 15) is 29.4 Å². The fraction of sp³-hybridized carbons (Fsp3) is 0.167. The summed E-state index contributed by atoms with van der Waals surface area (Å²) in [6, 6.07) is 9.01. The summed E-state index contributed by atoms with van der Waals surface area (Å²) >= 11 is 5.44. The van der Waals surface area contributed by atoms with E-state index < -0.39 is 23.3 Å². The smallest absolute Gasteiger partial charge is 0.352 e. The van der Waals surface area contributed by atoms with E-state index in [0.29, 0.717) is 25.6 Å². The zero-order chi connectivity index (χ0) is 25.4. The highest BCUT2D eigenvalue weighted by Gasteiger charge is 2.53. The van der Waals surface area contributed by atoms with Crippen LogP contribution in [0.2, 0.25) is 0 Å². The van der Waals surface area contributed by atoms with Crippen molar-refractivity contribution >= 4 is 74.1 Å². The van der Waals surface area contributed by atoms with Crippen LogP contribution in [-0.2, 0) is 20.8 Å². The number of phenolic OH excluding ortho intramolecular Hbond substituents is 1. The Morgan fingerprint density at radius 2 is 2.06 bits per heavy atom. The number of allylic oxidation sites excluding steroid dienone is 1. The number of hydrogen-bond acceptors (Lipinski definition) is 9. The lowest BCUT2D eigenvalue weighted by Crippen LogP contribution is -2.70. The van der Waals surface area contributed by atoms with Gasteiger partial charge in [0.1, 0.15) is 22.9 Å². The third-order valence-electron chi connectivity index (χ3n) is 5.58. The number of nitrogens with zero attached hydrogens (tertiary/aromatic N) is 1. The third kappa shape index (κ3) is 4.81. The number of phenols is 1. The first kappa shape index (κ1) is 24.6. The molecule has 0 aliphatic carbocycles. The molecule has 2 amide bonds. The fourth-order valence-electron chi connectivity index (χ4n) is 3.93. The first-order chi connectivity index (χ1) is 17.3. The molecular weight excluding hydrogens is 541 g/mol. The van der Waals surface area contributed by atoms with Crippen LogP contribution >= 0.6 is 46.2 Å². The second-order valence-corrected chi connectivity index (χ2v) is 12.3. The van der Waals surface area contributed by atoms with Crippen molar-refractivity contribution in [3.8, 4) is 5.75 Å². The minimum atomic E-state index is -1.22. The van der Waals surface area contributed by atoms with Gasteiger partial charge in [-0.05, 0) is 46.7 Å². The SMILES string of the molecule is O=C(Cc1cccs1)NC1C(=O)N2C(C(=O)O)=C(/C=C/Sc3cc(=O)c4ccc(O)cc4s3)CSC12. The molecule has 0 saturated carbocycles.